The Labute approximate surface area is 50.4 Å². The highest BCUT2D eigenvalue weighted by Crippen LogP contribution is 1.86. The van der Waals surface area contributed by atoms with Crippen LogP contribution in [0.3, 0.4) is 0 Å². The maximum atomic E-state index is 3.98. The monoisotopic (exact) mass is 109 g/mol. The summed E-state index contributed by atoms with van der Waals surface area (Å²) >= 11 is 0. The first-order valence-corrected chi connectivity index (χ1v) is 2.61. The molecule has 0 aliphatic heterocycles. The average Bonchev–Trinajstić information content (AvgIpc) is 1.83. The summed E-state index contributed by atoms with van der Waals surface area (Å²) in [6, 6.07) is 0. The highest BCUT2D eigenvalue weighted by Gasteiger charge is 1.77. The zero-order chi connectivity index (χ0) is 6.41. The lowest BCUT2D eigenvalue weighted by Gasteiger charge is -1.85. The van der Waals surface area contributed by atoms with E-state index in [1.165, 1.54) is 0 Å². The van der Waals surface area contributed by atoms with Gasteiger partial charge >= 0.3 is 0 Å². The summed E-state index contributed by atoms with van der Waals surface area (Å²) in [5.74, 6) is 0. The van der Waals surface area contributed by atoms with Crippen LogP contribution in [0.15, 0.2) is 22.9 Å². The fourth-order valence-electron chi connectivity index (χ4n) is 0.284. The van der Waals surface area contributed by atoms with Gasteiger partial charge in [0.1, 0.15) is 0 Å². The first kappa shape index (κ1) is 7.19. The van der Waals surface area contributed by atoms with Crippen LogP contribution in [0.4, 0.5) is 0 Å². The molecule has 0 atom stereocenters. The van der Waals surface area contributed by atoms with Crippen molar-refractivity contribution in [2.75, 3.05) is 6.54 Å². The van der Waals surface area contributed by atoms with Crippen LogP contribution in [0.25, 0.3) is 0 Å². The van der Waals surface area contributed by atoms with Crippen molar-refractivity contribution in [1.29, 1.82) is 0 Å². The van der Waals surface area contributed by atoms with Crippen LogP contribution in [0.2, 0.25) is 0 Å². The van der Waals surface area contributed by atoms with Crippen molar-refractivity contribution >= 4 is 6.21 Å². The van der Waals surface area contributed by atoms with Crippen molar-refractivity contribution < 1.29 is 0 Å². The summed E-state index contributed by atoms with van der Waals surface area (Å²) in [6.45, 7) is 8.07. The van der Waals surface area contributed by atoms with Crippen LogP contribution in [-0.4, -0.2) is 12.8 Å². The first-order valence-electron chi connectivity index (χ1n) is 2.61. The smallest absolute Gasteiger partial charge is 0.0666 e. The molecular weight excluding hydrogens is 98.1 g/mol. The van der Waals surface area contributed by atoms with Crippen molar-refractivity contribution in [3.05, 3.63) is 17.9 Å². The lowest BCUT2D eigenvalue weighted by Crippen LogP contribution is -1.78. The van der Waals surface area contributed by atoms with Gasteiger partial charge in [0.05, 0.1) is 6.54 Å². The molecule has 0 saturated heterocycles. The molecule has 44 valence electrons. The molecule has 0 bridgehead atoms. The number of hydrogen-bond donors (Lipinski definition) is 0. The summed E-state index contributed by atoms with van der Waals surface area (Å²) in [5, 5.41) is 0. The van der Waals surface area contributed by atoms with E-state index in [4.69, 9.17) is 0 Å². The molecule has 0 radical (unpaired) electrons. The molecular formula is C7H11N. The lowest BCUT2D eigenvalue weighted by molar-refractivity contribution is 1.15. The van der Waals surface area contributed by atoms with Gasteiger partial charge in [0.15, 0.2) is 0 Å². The number of aliphatic imine (C=N–C) groups is 1. The number of hydrogen-bond acceptors (Lipinski definition) is 1. The Balaban J connectivity index is 3.56. The predicted octanol–water partition coefficient (Wildman–Crippen LogP) is 1.81. The van der Waals surface area contributed by atoms with Crippen molar-refractivity contribution in [2.45, 2.75) is 13.8 Å². The molecule has 0 heterocycles. The number of nitrogens with zero attached hydrogens (tertiary/aromatic N) is 1. The normalized spacial score (nSPS) is 9.25. The molecule has 0 amide bonds. The molecule has 8 heavy (non-hydrogen) atoms. The van der Waals surface area contributed by atoms with Gasteiger partial charge in [-0.15, -0.1) is 5.73 Å². The average molecular weight is 109 g/mol. The molecule has 0 aromatic carbocycles. The molecule has 0 aliphatic carbocycles. The second-order valence-corrected chi connectivity index (χ2v) is 1.56. The van der Waals surface area contributed by atoms with Crippen molar-refractivity contribution in [1.82, 2.24) is 0 Å². The van der Waals surface area contributed by atoms with E-state index in [1.807, 2.05) is 13.8 Å². The third-order valence-corrected chi connectivity index (χ3v) is 0.813. The summed E-state index contributed by atoms with van der Waals surface area (Å²) in [7, 11) is 0. The van der Waals surface area contributed by atoms with E-state index in [0.717, 1.165) is 12.1 Å². The Morgan fingerprint density at radius 3 is 2.88 bits per heavy atom. The Morgan fingerprint density at radius 2 is 2.50 bits per heavy atom. The molecule has 0 saturated carbocycles. The van der Waals surface area contributed by atoms with Crippen LogP contribution in [0.5, 0.6) is 0 Å². The van der Waals surface area contributed by atoms with E-state index < -0.39 is 0 Å². The van der Waals surface area contributed by atoms with Gasteiger partial charge in [-0.25, -0.2) is 0 Å². The summed E-state index contributed by atoms with van der Waals surface area (Å²) in [4.78, 5) is 3.98. The van der Waals surface area contributed by atoms with Gasteiger partial charge in [0.25, 0.3) is 0 Å². The van der Waals surface area contributed by atoms with Crippen molar-refractivity contribution in [3.8, 4) is 0 Å². The molecule has 0 unspecified atom stereocenters. The van der Waals surface area contributed by atoms with Gasteiger partial charge < -0.3 is 0 Å². The Kier molecular flexibility index (Phi) is 3.91. The molecule has 0 rings (SSSR count). The largest absolute Gasteiger partial charge is 0.293 e. The van der Waals surface area contributed by atoms with Crippen LogP contribution in [0.1, 0.15) is 13.8 Å². The molecule has 0 spiro atoms. The molecule has 0 aromatic heterocycles. The van der Waals surface area contributed by atoms with Crippen LogP contribution in [0, 0.1) is 0 Å². The Morgan fingerprint density at radius 1 is 1.88 bits per heavy atom. The minimum absolute atomic E-state index is 0.736. The SMILES string of the molecule is C=C=C(C)CN=CC. The van der Waals surface area contributed by atoms with Crippen molar-refractivity contribution in [2.24, 2.45) is 4.99 Å². The maximum Gasteiger partial charge on any atom is 0.0666 e. The third-order valence-electron chi connectivity index (χ3n) is 0.813. The molecule has 0 aliphatic rings. The fourth-order valence-corrected chi connectivity index (χ4v) is 0.284. The van der Waals surface area contributed by atoms with Crippen LogP contribution >= 0.6 is 0 Å². The first-order chi connectivity index (χ1) is 3.81. The van der Waals surface area contributed by atoms with Gasteiger partial charge in [-0.05, 0) is 25.6 Å². The summed E-state index contributed by atoms with van der Waals surface area (Å²) in [5.41, 5.74) is 3.84. The fraction of sp³-hybridized carbons (Fsp3) is 0.429. The Hall–Kier alpha value is -0.810. The van der Waals surface area contributed by atoms with Crippen LogP contribution in [-0.2, 0) is 0 Å². The summed E-state index contributed by atoms with van der Waals surface area (Å²) in [6.07, 6.45) is 1.78. The van der Waals surface area contributed by atoms with E-state index in [2.05, 4.69) is 17.3 Å². The molecule has 0 N–H and O–H groups in total. The zero-order valence-electron chi connectivity index (χ0n) is 5.44. The molecule has 0 fully saturated rings. The highest BCUT2D eigenvalue weighted by molar-refractivity contribution is 5.53. The third kappa shape index (κ3) is 3.38. The van der Waals surface area contributed by atoms with Gasteiger partial charge in [-0.1, -0.05) is 6.58 Å². The predicted molar refractivity (Wildman–Crippen MR) is 37.4 cm³/mol. The minimum atomic E-state index is 0.736. The van der Waals surface area contributed by atoms with Gasteiger partial charge in [-0.2, -0.15) is 0 Å². The quantitative estimate of drug-likeness (QED) is 0.379. The van der Waals surface area contributed by atoms with E-state index in [1.54, 1.807) is 6.21 Å². The zero-order valence-corrected chi connectivity index (χ0v) is 5.44. The molecule has 0 aromatic rings. The lowest BCUT2D eigenvalue weighted by atomic mass is 10.3. The topological polar surface area (TPSA) is 12.4 Å². The number of rotatable bonds is 2. The highest BCUT2D eigenvalue weighted by atomic mass is 14.7. The van der Waals surface area contributed by atoms with Gasteiger partial charge in [0, 0.05) is 0 Å². The molecule has 1 nitrogen and oxygen atoms in total. The molecule has 1 heteroatoms. The van der Waals surface area contributed by atoms with E-state index in [-0.39, 0.29) is 0 Å². The second kappa shape index (κ2) is 4.35. The van der Waals surface area contributed by atoms with E-state index >= 15 is 0 Å². The van der Waals surface area contributed by atoms with E-state index in [9.17, 15) is 0 Å². The van der Waals surface area contributed by atoms with Gasteiger partial charge in [-0.3, -0.25) is 4.99 Å². The second-order valence-electron chi connectivity index (χ2n) is 1.56. The summed E-state index contributed by atoms with van der Waals surface area (Å²) < 4.78 is 0. The van der Waals surface area contributed by atoms with Gasteiger partial charge in [0.2, 0.25) is 0 Å². The van der Waals surface area contributed by atoms with E-state index in [0.29, 0.717) is 0 Å². The maximum absolute atomic E-state index is 3.98. The minimum Gasteiger partial charge on any atom is -0.293 e. The Bertz CT molecular complexity index is 127. The van der Waals surface area contributed by atoms with Crippen molar-refractivity contribution in [3.63, 3.8) is 0 Å². The van der Waals surface area contributed by atoms with Crippen LogP contribution < -0.4 is 0 Å². The standard InChI is InChI=1S/C7H11N/c1-4-7(3)6-8-5-2/h5H,1,6H2,2-3H3.